The van der Waals surface area contributed by atoms with Crippen LogP contribution in [0.15, 0.2) is 28.7 Å². The van der Waals surface area contributed by atoms with Gasteiger partial charge in [0.25, 0.3) is 5.91 Å². The van der Waals surface area contributed by atoms with E-state index >= 15 is 0 Å². The summed E-state index contributed by atoms with van der Waals surface area (Å²) in [5.41, 5.74) is 0.593. The fourth-order valence-corrected chi connectivity index (χ4v) is 2.66. The second-order valence-corrected chi connectivity index (χ2v) is 5.54. The van der Waals surface area contributed by atoms with Crippen LogP contribution in [0.1, 0.15) is 17.3 Å². The number of halogens is 1. The fourth-order valence-electron chi connectivity index (χ4n) is 2.26. The highest BCUT2D eigenvalue weighted by Gasteiger charge is 2.32. The SMILES string of the molecule is CCNC(=O)C1CNCCN1C(=O)c1cccc(Br)c1. The van der Waals surface area contributed by atoms with Gasteiger partial charge in [-0.1, -0.05) is 22.0 Å². The van der Waals surface area contributed by atoms with E-state index in [1.807, 2.05) is 19.1 Å². The van der Waals surface area contributed by atoms with Gasteiger partial charge in [0.05, 0.1) is 0 Å². The predicted molar refractivity (Wildman–Crippen MR) is 80.5 cm³/mol. The lowest BCUT2D eigenvalue weighted by Gasteiger charge is -2.35. The van der Waals surface area contributed by atoms with Gasteiger partial charge < -0.3 is 15.5 Å². The Bertz CT molecular complexity index is 507. The molecule has 1 unspecified atom stereocenters. The Kier molecular flexibility index (Phi) is 5.14. The first-order chi connectivity index (χ1) is 9.63. The van der Waals surface area contributed by atoms with Gasteiger partial charge in [-0.15, -0.1) is 0 Å². The third-order valence-electron chi connectivity index (χ3n) is 3.23. The summed E-state index contributed by atoms with van der Waals surface area (Å²) in [7, 11) is 0. The maximum atomic E-state index is 12.6. The van der Waals surface area contributed by atoms with Crippen LogP contribution in [-0.2, 0) is 4.79 Å². The van der Waals surface area contributed by atoms with E-state index in [1.54, 1.807) is 17.0 Å². The second-order valence-electron chi connectivity index (χ2n) is 4.62. The molecule has 1 aromatic rings. The van der Waals surface area contributed by atoms with Gasteiger partial charge in [0.1, 0.15) is 6.04 Å². The lowest BCUT2D eigenvalue weighted by Crippen LogP contribution is -2.59. The molecule has 2 N–H and O–H groups in total. The number of rotatable bonds is 3. The van der Waals surface area contributed by atoms with E-state index in [0.29, 0.717) is 31.7 Å². The Morgan fingerprint density at radius 2 is 2.30 bits per heavy atom. The zero-order valence-electron chi connectivity index (χ0n) is 11.4. The minimum absolute atomic E-state index is 0.107. The number of carbonyl (C=O) groups is 2. The van der Waals surface area contributed by atoms with Crippen LogP contribution in [-0.4, -0.2) is 48.9 Å². The molecule has 108 valence electrons. The number of carbonyl (C=O) groups excluding carboxylic acids is 2. The zero-order chi connectivity index (χ0) is 14.5. The fraction of sp³-hybridized carbons (Fsp3) is 0.429. The number of hydrogen-bond acceptors (Lipinski definition) is 3. The summed E-state index contributed by atoms with van der Waals surface area (Å²) < 4.78 is 0.855. The third kappa shape index (κ3) is 3.37. The third-order valence-corrected chi connectivity index (χ3v) is 3.72. The zero-order valence-corrected chi connectivity index (χ0v) is 12.9. The van der Waals surface area contributed by atoms with Gasteiger partial charge in [-0.2, -0.15) is 0 Å². The van der Waals surface area contributed by atoms with E-state index < -0.39 is 6.04 Å². The molecule has 0 spiro atoms. The average Bonchev–Trinajstić information content (AvgIpc) is 2.47. The Balaban J connectivity index is 2.19. The lowest BCUT2D eigenvalue weighted by atomic mass is 10.1. The summed E-state index contributed by atoms with van der Waals surface area (Å²) >= 11 is 3.36. The number of nitrogens with zero attached hydrogens (tertiary/aromatic N) is 1. The summed E-state index contributed by atoms with van der Waals surface area (Å²) in [6.45, 7) is 4.16. The first kappa shape index (κ1) is 15.0. The molecule has 20 heavy (non-hydrogen) atoms. The number of hydrogen-bond donors (Lipinski definition) is 2. The molecule has 0 saturated carbocycles. The lowest BCUT2D eigenvalue weighted by molar-refractivity contribution is -0.126. The smallest absolute Gasteiger partial charge is 0.254 e. The van der Waals surface area contributed by atoms with Crippen LogP contribution in [0.25, 0.3) is 0 Å². The molecule has 0 bridgehead atoms. The Hall–Kier alpha value is -1.40. The number of nitrogens with one attached hydrogen (secondary N) is 2. The molecule has 1 fully saturated rings. The van der Waals surface area contributed by atoms with Gasteiger partial charge in [-0.3, -0.25) is 9.59 Å². The number of amides is 2. The monoisotopic (exact) mass is 339 g/mol. The van der Waals surface area contributed by atoms with Crippen molar-refractivity contribution >= 4 is 27.7 Å². The van der Waals surface area contributed by atoms with Gasteiger partial charge in [0.15, 0.2) is 0 Å². The Labute approximate surface area is 126 Å². The van der Waals surface area contributed by atoms with Crippen molar-refractivity contribution in [2.24, 2.45) is 0 Å². The molecular weight excluding hydrogens is 322 g/mol. The minimum atomic E-state index is -0.449. The molecule has 0 radical (unpaired) electrons. The molecule has 5 nitrogen and oxygen atoms in total. The van der Waals surface area contributed by atoms with Crippen molar-refractivity contribution < 1.29 is 9.59 Å². The second kappa shape index (κ2) is 6.85. The highest BCUT2D eigenvalue weighted by Crippen LogP contribution is 2.15. The van der Waals surface area contributed by atoms with Crippen LogP contribution in [0, 0.1) is 0 Å². The van der Waals surface area contributed by atoms with Crippen molar-refractivity contribution in [2.75, 3.05) is 26.2 Å². The first-order valence-electron chi connectivity index (χ1n) is 6.68. The van der Waals surface area contributed by atoms with Crippen molar-refractivity contribution in [3.63, 3.8) is 0 Å². The van der Waals surface area contributed by atoms with Crippen molar-refractivity contribution in [3.05, 3.63) is 34.3 Å². The van der Waals surface area contributed by atoms with Crippen LogP contribution in [0.3, 0.4) is 0 Å². The topological polar surface area (TPSA) is 61.4 Å². The largest absolute Gasteiger partial charge is 0.355 e. The van der Waals surface area contributed by atoms with Gasteiger partial charge >= 0.3 is 0 Å². The molecule has 1 atom stereocenters. The number of benzene rings is 1. The molecule has 0 aliphatic carbocycles. The molecule has 1 aliphatic heterocycles. The summed E-state index contributed by atoms with van der Waals surface area (Å²) in [6, 6.07) is 6.79. The Morgan fingerprint density at radius 3 is 3.00 bits per heavy atom. The molecule has 1 saturated heterocycles. The van der Waals surface area contributed by atoms with Crippen LogP contribution < -0.4 is 10.6 Å². The number of likely N-dealkylation sites (N-methyl/N-ethyl adjacent to an activating group) is 1. The van der Waals surface area contributed by atoms with Gasteiger partial charge in [-0.25, -0.2) is 0 Å². The van der Waals surface area contributed by atoms with E-state index in [9.17, 15) is 9.59 Å². The maximum Gasteiger partial charge on any atom is 0.254 e. The average molecular weight is 340 g/mol. The van der Waals surface area contributed by atoms with E-state index in [-0.39, 0.29) is 11.8 Å². The van der Waals surface area contributed by atoms with Crippen LogP contribution >= 0.6 is 15.9 Å². The van der Waals surface area contributed by atoms with Gasteiger partial charge in [-0.05, 0) is 25.1 Å². The molecule has 1 aromatic carbocycles. The summed E-state index contributed by atoms with van der Waals surface area (Å²) in [5.74, 6) is -0.216. The van der Waals surface area contributed by atoms with Gasteiger partial charge in [0, 0.05) is 36.2 Å². The molecule has 6 heteroatoms. The molecule has 1 heterocycles. The predicted octanol–water partition coefficient (Wildman–Crippen LogP) is 0.999. The van der Waals surface area contributed by atoms with Crippen molar-refractivity contribution in [3.8, 4) is 0 Å². The molecular formula is C14H18BrN3O2. The van der Waals surface area contributed by atoms with Crippen molar-refractivity contribution in [1.29, 1.82) is 0 Å². The van der Waals surface area contributed by atoms with Crippen molar-refractivity contribution in [2.45, 2.75) is 13.0 Å². The minimum Gasteiger partial charge on any atom is -0.355 e. The van der Waals surface area contributed by atoms with Crippen LogP contribution in [0.2, 0.25) is 0 Å². The molecule has 1 aliphatic rings. The standard InChI is InChI=1S/C14H18BrN3O2/c1-2-17-13(19)12-9-16-6-7-18(12)14(20)10-4-3-5-11(15)8-10/h3-5,8,12,16H,2,6-7,9H2,1H3,(H,17,19). The molecule has 2 amide bonds. The normalized spacial score (nSPS) is 18.7. The summed E-state index contributed by atoms with van der Waals surface area (Å²) in [6.07, 6.45) is 0. The highest BCUT2D eigenvalue weighted by molar-refractivity contribution is 9.10. The van der Waals surface area contributed by atoms with Crippen LogP contribution in [0.4, 0.5) is 0 Å². The molecule has 0 aromatic heterocycles. The number of piperazine rings is 1. The quantitative estimate of drug-likeness (QED) is 0.863. The van der Waals surface area contributed by atoms with E-state index in [2.05, 4.69) is 26.6 Å². The van der Waals surface area contributed by atoms with E-state index in [4.69, 9.17) is 0 Å². The summed E-state index contributed by atoms with van der Waals surface area (Å²) in [5, 5.41) is 5.94. The molecule has 2 rings (SSSR count). The highest BCUT2D eigenvalue weighted by atomic mass is 79.9. The van der Waals surface area contributed by atoms with E-state index in [1.165, 1.54) is 0 Å². The van der Waals surface area contributed by atoms with Gasteiger partial charge in [0.2, 0.25) is 5.91 Å². The first-order valence-corrected chi connectivity index (χ1v) is 7.47. The summed E-state index contributed by atoms with van der Waals surface area (Å²) in [4.78, 5) is 26.3. The Morgan fingerprint density at radius 1 is 1.50 bits per heavy atom. The van der Waals surface area contributed by atoms with E-state index in [0.717, 1.165) is 4.47 Å². The maximum absolute atomic E-state index is 12.6. The van der Waals surface area contributed by atoms with Crippen LogP contribution in [0.5, 0.6) is 0 Å². The van der Waals surface area contributed by atoms with Crippen molar-refractivity contribution in [1.82, 2.24) is 15.5 Å².